The van der Waals surface area contributed by atoms with E-state index in [0.717, 1.165) is 16.7 Å². The predicted octanol–water partition coefficient (Wildman–Crippen LogP) is 5.91. The van der Waals surface area contributed by atoms with Gasteiger partial charge in [0.25, 0.3) is 0 Å². The van der Waals surface area contributed by atoms with Crippen LogP contribution >= 0.6 is 0 Å². The Kier molecular flexibility index (Phi) is 3.99. The van der Waals surface area contributed by atoms with E-state index in [0.29, 0.717) is 5.92 Å². The molecule has 20 heavy (non-hydrogen) atoms. The molecule has 0 aromatic heterocycles. The molecule has 1 heteroatoms. The number of hydrogen-bond donors (Lipinski definition) is 0. The normalized spacial score (nSPS) is 11.9. The highest BCUT2D eigenvalue weighted by atomic mass is 19.1. The van der Waals surface area contributed by atoms with Crippen molar-refractivity contribution < 1.29 is 4.39 Å². The first-order chi connectivity index (χ1) is 9.27. The Hall–Kier alpha value is -1.63. The van der Waals surface area contributed by atoms with Crippen molar-refractivity contribution in [3.05, 3.63) is 59.4 Å². The van der Waals surface area contributed by atoms with Crippen molar-refractivity contribution >= 4 is 0 Å². The van der Waals surface area contributed by atoms with Gasteiger partial charge in [-0.1, -0.05) is 65.0 Å². The zero-order valence-electron chi connectivity index (χ0n) is 13.0. The molecule has 0 spiro atoms. The third-order valence-electron chi connectivity index (χ3n) is 3.65. The van der Waals surface area contributed by atoms with Gasteiger partial charge in [0.05, 0.1) is 0 Å². The minimum atomic E-state index is -0.164. The van der Waals surface area contributed by atoms with Gasteiger partial charge >= 0.3 is 0 Å². The van der Waals surface area contributed by atoms with Crippen molar-refractivity contribution in [3.63, 3.8) is 0 Å². The third kappa shape index (κ3) is 3.27. The topological polar surface area (TPSA) is 0 Å². The summed E-state index contributed by atoms with van der Waals surface area (Å²) in [5.74, 6) is 0.313. The summed E-state index contributed by atoms with van der Waals surface area (Å²) in [5, 5.41) is 0. The molecule has 0 N–H and O–H groups in total. The van der Waals surface area contributed by atoms with Gasteiger partial charge in [0.2, 0.25) is 0 Å². The van der Waals surface area contributed by atoms with Crippen LogP contribution < -0.4 is 0 Å². The lowest BCUT2D eigenvalue weighted by Crippen LogP contribution is -2.11. The van der Waals surface area contributed by atoms with Crippen LogP contribution in [0, 0.1) is 5.82 Å². The van der Waals surface area contributed by atoms with Crippen molar-refractivity contribution in [3.8, 4) is 11.1 Å². The fourth-order valence-electron chi connectivity index (χ4n) is 2.27. The molecule has 0 aliphatic rings. The van der Waals surface area contributed by atoms with Gasteiger partial charge in [-0.2, -0.15) is 0 Å². The lowest BCUT2D eigenvalue weighted by Gasteiger charge is -2.20. The second-order valence-electron chi connectivity index (χ2n) is 6.76. The summed E-state index contributed by atoms with van der Waals surface area (Å²) in [7, 11) is 0. The van der Waals surface area contributed by atoms with E-state index < -0.39 is 0 Å². The molecule has 0 fully saturated rings. The molecule has 0 aliphatic heterocycles. The Morgan fingerprint density at radius 3 is 2.20 bits per heavy atom. The average molecular weight is 270 g/mol. The van der Waals surface area contributed by atoms with Crippen LogP contribution in [0.1, 0.15) is 51.7 Å². The lowest BCUT2D eigenvalue weighted by molar-refractivity contribution is 0.573. The smallest absolute Gasteiger partial charge is 0.124 e. The molecule has 0 heterocycles. The molecule has 2 rings (SSSR count). The maximum absolute atomic E-state index is 13.9. The maximum Gasteiger partial charge on any atom is 0.124 e. The first kappa shape index (κ1) is 14.8. The number of rotatable bonds is 2. The molecule has 0 saturated carbocycles. The molecular formula is C19H23F. The summed E-state index contributed by atoms with van der Waals surface area (Å²) in [6, 6.07) is 13.7. The van der Waals surface area contributed by atoms with Crippen molar-refractivity contribution in [1.82, 2.24) is 0 Å². The summed E-state index contributed by atoms with van der Waals surface area (Å²) in [6.07, 6.45) is 0. The largest absolute Gasteiger partial charge is 0.207 e. The van der Waals surface area contributed by atoms with Crippen LogP contribution in [0.3, 0.4) is 0 Å². The van der Waals surface area contributed by atoms with Crippen LogP contribution in [0.5, 0.6) is 0 Å². The maximum atomic E-state index is 13.9. The first-order valence-electron chi connectivity index (χ1n) is 7.19. The van der Waals surface area contributed by atoms with Crippen LogP contribution in [0.25, 0.3) is 11.1 Å². The molecule has 106 valence electrons. The molecule has 0 saturated heterocycles. The van der Waals surface area contributed by atoms with E-state index in [2.05, 4.69) is 52.8 Å². The third-order valence-corrected chi connectivity index (χ3v) is 3.65. The Morgan fingerprint density at radius 2 is 1.60 bits per heavy atom. The zero-order chi connectivity index (χ0) is 14.9. The number of halogens is 1. The van der Waals surface area contributed by atoms with Gasteiger partial charge in [0, 0.05) is 0 Å². The van der Waals surface area contributed by atoms with Gasteiger partial charge in [-0.05, 0) is 45.7 Å². The van der Waals surface area contributed by atoms with E-state index in [1.54, 1.807) is 12.1 Å². The first-order valence-corrected chi connectivity index (χ1v) is 7.19. The minimum Gasteiger partial charge on any atom is -0.207 e. The van der Waals surface area contributed by atoms with Gasteiger partial charge in [0.1, 0.15) is 5.82 Å². The monoisotopic (exact) mass is 270 g/mol. The fraction of sp³-hybridized carbons (Fsp3) is 0.368. The molecule has 0 bridgehead atoms. The van der Waals surface area contributed by atoms with Crippen LogP contribution in [-0.4, -0.2) is 0 Å². The van der Waals surface area contributed by atoms with E-state index in [9.17, 15) is 4.39 Å². The van der Waals surface area contributed by atoms with E-state index >= 15 is 0 Å². The predicted molar refractivity (Wildman–Crippen MR) is 84.6 cm³/mol. The quantitative estimate of drug-likeness (QED) is 0.636. The Morgan fingerprint density at radius 1 is 0.900 bits per heavy atom. The van der Waals surface area contributed by atoms with E-state index in [4.69, 9.17) is 0 Å². The molecule has 2 aromatic rings. The average Bonchev–Trinajstić information content (AvgIpc) is 2.37. The molecular weight excluding hydrogens is 247 g/mol. The Bertz CT molecular complexity index is 603. The van der Waals surface area contributed by atoms with Gasteiger partial charge < -0.3 is 0 Å². The van der Waals surface area contributed by atoms with Gasteiger partial charge in [0.15, 0.2) is 0 Å². The standard InChI is InChI=1S/C19H23F/c1-13(2)14-7-6-8-15(9-14)16-10-17(19(3,4)5)12-18(20)11-16/h6-13H,1-5H3. The summed E-state index contributed by atoms with van der Waals surface area (Å²) in [6.45, 7) is 10.7. The summed E-state index contributed by atoms with van der Waals surface area (Å²) >= 11 is 0. The summed E-state index contributed by atoms with van der Waals surface area (Å²) in [5.41, 5.74) is 4.30. The minimum absolute atomic E-state index is 0.0491. The van der Waals surface area contributed by atoms with Crippen molar-refractivity contribution in [2.24, 2.45) is 0 Å². The molecule has 0 amide bonds. The number of benzene rings is 2. The highest BCUT2D eigenvalue weighted by Crippen LogP contribution is 2.30. The second kappa shape index (κ2) is 5.40. The fourth-order valence-corrected chi connectivity index (χ4v) is 2.27. The van der Waals surface area contributed by atoms with Crippen LogP contribution in [-0.2, 0) is 5.41 Å². The van der Waals surface area contributed by atoms with Gasteiger partial charge in [-0.3, -0.25) is 0 Å². The molecule has 0 nitrogen and oxygen atoms in total. The highest BCUT2D eigenvalue weighted by Gasteiger charge is 2.16. The van der Waals surface area contributed by atoms with Crippen molar-refractivity contribution in [2.45, 2.75) is 46.0 Å². The SMILES string of the molecule is CC(C)c1cccc(-c2cc(F)cc(C(C)(C)C)c2)c1. The van der Waals surface area contributed by atoms with Crippen LogP contribution in [0.2, 0.25) is 0 Å². The van der Waals surface area contributed by atoms with Crippen molar-refractivity contribution in [2.75, 3.05) is 0 Å². The van der Waals surface area contributed by atoms with E-state index in [1.165, 1.54) is 5.56 Å². The molecule has 0 radical (unpaired) electrons. The molecule has 2 aromatic carbocycles. The number of hydrogen-bond acceptors (Lipinski definition) is 0. The van der Waals surface area contributed by atoms with Crippen molar-refractivity contribution in [1.29, 1.82) is 0 Å². The summed E-state index contributed by atoms with van der Waals surface area (Å²) in [4.78, 5) is 0. The van der Waals surface area contributed by atoms with Crippen LogP contribution in [0.15, 0.2) is 42.5 Å². The zero-order valence-corrected chi connectivity index (χ0v) is 13.0. The molecule has 0 atom stereocenters. The Balaban J connectivity index is 2.53. The Labute approximate surface area is 121 Å². The second-order valence-corrected chi connectivity index (χ2v) is 6.76. The molecule has 0 aliphatic carbocycles. The highest BCUT2D eigenvalue weighted by molar-refractivity contribution is 5.65. The lowest BCUT2D eigenvalue weighted by atomic mass is 9.85. The summed E-state index contributed by atoms with van der Waals surface area (Å²) < 4.78 is 13.9. The van der Waals surface area contributed by atoms with E-state index in [-0.39, 0.29) is 11.2 Å². The van der Waals surface area contributed by atoms with Gasteiger partial charge in [-0.15, -0.1) is 0 Å². The van der Waals surface area contributed by atoms with E-state index in [1.807, 2.05) is 12.1 Å². The van der Waals surface area contributed by atoms with Gasteiger partial charge in [-0.25, -0.2) is 4.39 Å². The van der Waals surface area contributed by atoms with Crippen LogP contribution in [0.4, 0.5) is 4.39 Å². The molecule has 0 unspecified atom stereocenters.